The largest absolute Gasteiger partial charge is 0.416 e. The third kappa shape index (κ3) is 6.46. The van der Waals surface area contributed by atoms with Gasteiger partial charge in [0.1, 0.15) is 0 Å². The molecule has 0 saturated heterocycles. The van der Waals surface area contributed by atoms with Crippen LogP contribution in [0.15, 0.2) is 18.2 Å². The Balaban J connectivity index is 0.00000484. The molecule has 0 aromatic heterocycles. The predicted molar refractivity (Wildman–Crippen MR) is 65.9 cm³/mol. The van der Waals surface area contributed by atoms with E-state index in [1.54, 1.807) is 0 Å². The van der Waals surface area contributed by atoms with E-state index in [2.05, 4.69) is 0 Å². The molecule has 0 unspecified atom stereocenters. The Morgan fingerprint density at radius 1 is 0.870 bits per heavy atom. The van der Waals surface area contributed by atoms with Gasteiger partial charge in [0.05, 0.1) is 11.1 Å². The van der Waals surface area contributed by atoms with Crippen LogP contribution in [-0.2, 0) is 12.4 Å². The smallest absolute Gasteiger partial charge is 0.324 e. The summed E-state index contributed by atoms with van der Waals surface area (Å²) in [7, 11) is 0. The van der Waals surface area contributed by atoms with E-state index >= 15 is 0 Å². The second-order valence-electron chi connectivity index (χ2n) is 4.56. The highest BCUT2D eigenvalue weighted by Crippen LogP contribution is 2.39. The minimum absolute atomic E-state index is 0. The van der Waals surface area contributed by atoms with E-state index < -0.39 is 54.1 Å². The second kappa shape index (κ2) is 7.16. The fraction of sp³-hybridized carbons (Fsp3) is 0.500. The summed E-state index contributed by atoms with van der Waals surface area (Å²) >= 11 is 0. The van der Waals surface area contributed by atoms with E-state index in [0.717, 1.165) is 0 Å². The fourth-order valence-electron chi connectivity index (χ4n) is 1.78. The summed E-state index contributed by atoms with van der Waals surface area (Å²) in [6.45, 7) is 0. The van der Waals surface area contributed by atoms with Gasteiger partial charge in [-0.25, -0.2) is 0 Å². The summed E-state index contributed by atoms with van der Waals surface area (Å²) in [5.41, 5.74) is 1.36. The van der Waals surface area contributed by atoms with Gasteiger partial charge in [0.25, 0.3) is 0 Å². The highest BCUT2D eigenvalue weighted by atomic mass is 35.5. The van der Waals surface area contributed by atoms with Crippen molar-refractivity contribution in [1.82, 2.24) is 0 Å². The van der Waals surface area contributed by atoms with E-state index in [9.17, 15) is 39.5 Å². The van der Waals surface area contributed by atoms with Crippen LogP contribution >= 0.6 is 12.4 Å². The van der Waals surface area contributed by atoms with Crippen LogP contribution in [0.5, 0.6) is 0 Å². The molecule has 2 N–H and O–H groups in total. The number of nitrogens with two attached hydrogens (primary N) is 1. The lowest BCUT2D eigenvalue weighted by Gasteiger charge is -2.20. The van der Waals surface area contributed by atoms with Gasteiger partial charge in [-0.3, -0.25) is 0 Å². The van der Waals surface area contributed by atoms with E-state index in [1.165, 1.54) is 0 Å². The van der Waals surface area contributed by atoms with Gasteiger partial charge in [-0.05, 0) is 30.2 Å². The molecule has 1 aromatic rings. The lowest BCUT2D eigenvalue weighted by molar-refractivity contribution is -0.142. The van der Waals surface area contributed by atoms with Gasteiger partial charge in [0, 0.05) is 12.5 Å². The van der Waals surface area contributed by atoms with Crippen molar-refractivity contribution < 1.29 is 39.5 Å². The van der Waals surface area contributed by atoms with E-state index in [-0.39, 0.29) is 30.6 Å². The molecule has 0 aliphatic carbocycles. The predicted octanol–water partition coefficient (Wildman–Crippen LogP) is 5.49. The highest BCUT2D eigenvalue weighted by molar-refractivity contribution is 5.85. The Bertz CT molecular complexity index is 519. The lowest BCUT2D eigenvalue weighted by Crippen LogP contribution is -2.21. The van der Waals surface area contributed by atoms with Crippen LogP contribution in [0.25, 0.3) is 0 Å². The first-order valence-electron chi connectivity index (χ1n) is 5.82. The second-order valence-corrected chi connectivity index (χ2v) is 4.56. The topological polar surface area (TPSA) is 26.0 Å². The molecule has 0 spiro atoms. The molecular weight excluding hydrogens is 365 g/mol. The van der Waals surface area contributed by atoms with E-state index in [0.29, 0.717) is 0 Å². The molecule has 11 heteroatoms. The van der Waals surface area contributed by atoms with Crippen molar-refractivity contribution in [2.24, 2.45) is 5.73 Å². The zero-order chi connectivity index (χ0) is 17.3. The molecule has 1 nitrogen and oxygen atoms in total. The zero-order valence-corrected chi connectivity index (χ0v) is 11.9. The summed E-state index contributed by atoms with van der Waals surface area (Å²) in [6.07, 6.45) is -17.1. The maximum absolute atomic E-state index is 12.8. The molecule has 0 fully saturated rings. The first-order chi connectivity index (χ1) is 9.72. The average molecular weight is 376 g/mol. The average Bonchev–Trinajstić information content (AvgIpc) is 2.32. The number of hydrogen-bond donors (Lipinski definition) is 1. The number of benzene rings is 1. The van der Waals surface area contributed by atoms with Crippen molar-refractivity contribution in [3.8, 4) is 0 Å². The van der Waals surface area contributed by atoms with Gasteiger partial charge in [-0.2, -0.15) is 39.5 Å². The Kier molecular flexibility index (Phi) is 6.80. The monoisotopic (exact) mass is 375 g/mol. The van der Waals surface area contributed by atoms with Crippen molar-refractivity contribution in [3.63, 3.8) is 0 Å². The van der Waals surface area contributed by atoms with Crippen molar-refractivity contribution in [1.29, 1.82) is 0 Å². The third-order valence-corrected chi connectivity index (χ3v) is 2.82. The molecule has 134 valence electrons. The van der Waals surface area contributed by atoms with Gasteiger partial charge in [0.15, 0.2) is 0 Å². The first kappa shape index (κ1) is 21.8. The molecule has 0 bridgehead atoms. The fourth-order valence-corrected chi connectivity index (χ4v) is 1.78. The molecule has 1 aromatic carbocycles. The number of alkyl halides is 9. The van der Waals surface area contributed by atoms with Crippen LogP contribution < -0.4 is 5.73 Å². The third-order valence-electron chi connectivity index (χ3n) is 2.82. The van der Waals surface area contributed by atoms with Crippen molar-refractivity contribution in [3.05, 3.63) is 34.9 Å². The van der Waals surface area contributed by atoms with Crippen LogP contribution in [0.2, 0.25) is 0 Å². The van der Waals surface area contributed by atoms with Gasteiger partial charge in [-0.1, -0.05) is 0 Å². The van der Waals surface area contributed by atoms with Gasteiger partial charge >= 0.3 is 18.5 Å². The molecule has 1 rings (SSSR count). The summed E-state index contributed by atoms with van der Waals surface area (Å²) in [4.78, 5) is 0. The molecule has 0 heterocycles. The number of halogens is 10. The Hall–Kier alpha value is -1.16. The summed E-state index contributed by atoms with van der Waals surface area (Å²) in [5.74, 6) is 0. The van der Waals surface area contributed by atoms with Crippen LogP contribution in [0.4, 0.5) is 39.5 Å². The van der Waals surface area contributed by atoms with Gasteiger partial charge in [-0.15, -0.1) is 12.4 Å². The summed E-state index contributed by atoms with van der Waals surface area (Å²) in [6, 6.07) is -1.29. The van der Waals surface area contributed by atoms with Gasteiger partial charge in [0.2, 0.25) is 0 Å². The molecule has 1 atom stereocenters. The Morgan fingerprint density at radius 3 is 1.78 bits per heavy atom. The zero-order valence-electron chi connectivity index (χ0n) is 11.1. The highest BCUT2D eigenvalue weighted by Gasteiger charge is 2.38. The molecule has 0 saturated carbocycles. The number of hydrogen-bond acceptors (Lipinski definition) is 1. The first-order valence-corrected chi connectivity index (χ1v) is 5.82. The van der Waals surface area contributed by atoms with E-state index in [4.69, 9.17) is 5.73 Å². The minimum atomic E-state index is -5.02. The SMILES string of the molecule is Cl.N[C@@H](CCC(F)(F)F)c1cc(C(F)(F)F)ccc1C(F)(F)F. The summed E-state index contributed by atoms with van der Waals surface area (Å²) < 4.78 is 112. The van der Waals surface area contributed by atoms with Crippen molar-refractivity contribution in [2.45, 2.75) is 37.4 Å². The maximum atomic E-state index is 12.8. The molecule has 0 radical (unpaired) electrons. The summed E-state index contributed by atoms with van der Waals surface area (Å²) in [5, 5.41) is 0. The standard InChI is InChI=1S/C12H10F9N.ClH/c13-10(14,15)4-3-9(22)7-5-6(11(16,17)18)1-2-8(7)12(19,20)21;/h1-2,5,9H,3-4,22H2;1H/t9-;/m0./s1. The Morgan fingerprint density at radius 2 is 1.39 bits per heavy atom. The van der Waals surface area contributed by atoms with E-state index in [1.807, 2.05) is 0 Å². The molecule has 0 aliphatic heterocycles. The number of rotatable bonds is 3. The molecule has 0 aliphatic rings. The maximum Gasteiger partial charge on any atom is 0.416 e. The van der Waals surface area contributed by atoms with Gasteiger partial charge < -0.3 is 5.73 Å². The normalized spacial score (nSPS) is 14.3. The van der Waals surface area contributed by atoms with Crippen LogP contribution in [0.3, 0.4) is 0 Å². The minimum Gasteiger partial charge on any atom is -0.324 e. The Labute approximate surface area is 131 Å². The van der Waals surface area contributed by atoms with Crippen LogP contribution in [-0.4, -0.2) is 6.18 Å². The molecular formula is C12H11ClF9N. The lowest BCUT2D eigenvalue weighted by atomic mass is 9.94. The van der Waals surface area contributed by atoms with Crippen LogP contribution in [0.1, 0.15) is 35.6 Å². The molecule has 23 heavy (non-hydrogen) atoms. The van der Waals surface area contributed by atoms with Crippen LogP contribution in [0, 0.1) is 0 Å². The molecule has 0 amide bonds. The van der Waals surface area contributed by atoms with Crippen molar-refractivity contribution >= 4 is 12.4 Å². The quantitative estimate of drug-likeness (QED) is 0.695. The van der Waals surface area contributed by atoms with Crippen molar-refractivity contribution in [2.75, 3.05) is 0 Å².